The molecule has 5 heteroatoms. The first kappa shape index (κ1) is 13.1. The second-order valence-electron chi connectivity index (χ2n) is 4.42. The smallest absolute Gasteiger partial charge is 0.143 e. The van der Waals surface area contributed by atoms with Crippen LogP contribution in [0, 0.1) is 31.0 Å². The molecule has 4 nitrogen and oxygen atoms in total. The van der Waals surface area contributed by atoms with Gasteiger partial charge in [0.2, 0.25) is 0 Å². The van der Waals surface area contributed by atoms with Gasteiger partial charge in [-0.05, 0) is 38.1 Å². The second-order valence-corrected chi connectivity index (χ2v) is 4.42. The summed E-state index contributed by atoms with van der Waals surface area (Å²) < 4.78 is 14.6. The van der Waals surface area contributed by atoms with E-state index in [4.69, 9.17) is 0 Å². The molecule has 0 aliphatic heterocycles. The van der Waals surface area contributed by atoms with Gasteiger partial charge in [-0.15, -0.1) is 0 Å². The molecular weight excluding hydrogens is 243 g/mol. The average molecular weight is 258 g/mol. The first-order valence-corrected chi connectivity index (χ1v) is 5.94. The van der Waals surface area contributed by atoms with Crippen molar-refractivity contribution in [2.75, 3.05) is 5.32 Å². The number of hydrogen-bond acceptors (Lipinski definition) is 3. The molecule has 0 saturated heterocycles. The summed E-state index contributed by atoms with van der Waals surface area (Å²) in [5, 5.41) is 16.7. The number of halogens is 1. The molecule has 0 aliphatic rings. The molecule has 1 aromatic heterocycles. The fourth-order valence-corrected chi connectivity index (χ4v) is 2.09. The van der Waals surface area contributed by atoms with Gasteiger partial charge in [0.05, 0.1) is 11.8 Å². The molecule has 0 bridgehead atoms. The van der Waals surface area contributed by atoms with Gasteiger partial charge in [-0.1, -0.05) is 0 Å². The summed E-state index contributed by atoms with van der Waals surface area (Å²) in [4.78, 5) is 0. The van der Waals surface area contributed by atoms with Crippen molar-refractivity contribution in [3.8, 4) is 6.07 Å². The molecule has 1 N–H and O–H groups in total. The highest BCUT2D eigenvalue weighted by atomic mass is 19.1. The Labute approximate surface area is 111 Å². The number of nitrogens with zero attached hydrogens (tertiary/aromatic N) is 3. The Bertz CT molecular complexity index is 622. The lowest BCUT2D eigenvalue weighted by atomic mass is 10.1. The van der Waals surface area contributed by atoms with E-state index in [1.807, 2.05) is 20.9 Å². The monoisotopic (exact) mass is 258 g/mol. The topological polar surface area (TPSA) is 53.6 Å². The number of nitriles is 1. The molecule has 0 spiro atoms. The highest BCUT2D eigenvalue weighted by Gasteiger charge is 2.19. The Kier molecular flexibility index (Phi) is 3.52. The molecule has 1 unspecified atom stereocenters. The minimum absolute atomic E-state index is 0.298. The minimum atomic E-state index is -0.501. The number of benzene rings is 1. The number of rotatable bonds is 3. The number of aromatic nitrogens is 2. The lowest BCUT2D eigenvalue weighted by molar-refractivity contribution is 0.628. The van der Waals surface area contributed by atoms with Crippen molar-refractivity contribution < 1.29 is 4.39 Å². The Morgan fingerprint density at radius 3 is 2.42 bits per heavy atom. The van der Waals surface area contributed by atoms with Crippen molar-refractivity contribution in [3.05, 3.63) is 47.0 Å². The average Bonchev–Trinajstić information content (AvgIpc) is 2.63. The summed E-state index contributed by atoms with van der Waals surface area (Å²) >= 11 is 0. The second kappa shape index (κ2) is 5.11. The number of aryl methyl sites for hydroxylation is 2. The van der Waals surface area contributed by atoms with Crippen molar-refractivity contribution in [2.24, 2.45) is 7.05 Å². The van der Waals surface area contributed by atoms with Crippen LogP contribution in [0.3, 0.4) is 0 Å². The quantitative estimate of drug-likeness (QED) is 0.921. The molecule has 1 heterocycles. The molecule has 19 heavy (non-hydrogen) atoms. The van der Waals surface area contributed by atoms with Crippen LogP contribution in [0.25, 0.3) is 0 Å². The maximum absolute atomic E-state index is 12.9. The fourth-order valence-electron chi connectivity index (χ4n) is 2.09. The molecule has 2 rings (SSSR count). The molecule has 98 valence electrons. The Hall–Kier alpha value is -2.35. The summed E-state index contributed by atoms with van der Waals surface area (Å²) in [7, 11) is 1.85. The molecule has 1 atom stereocenters. The van der Waals surface area contributed by atoms with Gasteiger partial charge in [0, 0.05) is 24.0 Å². The molecule has 0 aliphatic carbocycles. The van der Waals surface area contributed by atoms with Crippen LogP contribution in [0.15, 0.2) is 24.3 Å². The van der Waals surface area contributed by atoms with Crippen molar-refractivity contribution >= 4 is 5.69 Å². The SMILES string of the molecule is Cc1nn(C)c(C)c1C(C#N)Nc1ccc(F)cc1. The zero-order valence-electron chi connectivity index (χ0n) is 11.1. The molecule has 0 radical (unpaired) electrons. The largest absolute Gasteiger partial charge is 0.366 e. The normalized spacial score (nSPS) is 11.9. The first-order valence-electron chi connectivity index (χ1n) is 5.94. The highest BCUT2D eigenvalue weighted by molar-refractivity contribution is 5.48. The van der Waals surface area contributed by atoms with Gasteiger partial charge in [-0.2, -0.15) is 10.4 Å². The van der Waals surface area contributed by atoms with E-state index >= 15 is 0 Å². The first-order chi connectivity index (χ1) is 9.02. The molecule has 0 amide bonds. The molecule has 1 aromatic carbocycles. The predicted molar refractivity (Wildman–Crippen MR) is 71.1 cm³/mol. The molecule has 2 aromatic rings. The van der Waals surface area contributed by atoms with E-state index in [1.54, 1.807) is 16.8 Å². The third-order valence-electron chi connectivity index (χ3n) is 3.14. The van der Waals surface area contributed by atoms with Crippen LogP contribution in [0.2, 0.25) is 0 Å². The summed E-state index contributed by atoms with van der Waals surface area (Å²) in [5.74, 6) is -0.298. The van der Waals surface area contributed by atoms with Crippen molar-refractivity contribution in [2.45, 2.75) is 19.9 Å². The van der Waals surface area contributed by atoms with Crippen LogP contribution < -0.4 is 5.32 Å². The van der Waals surface area contributed by atoms with Crippen molar-refractivity contribution in [3.63, 3.8) is 0 Å². The van der Waals surface area contributed by atoms with E-state index in [2.05, 4.69) is 16.5 Å². The summed E-state index contributed by atoms with van der Waals surface area (Å²) in [6, 6.07) is 7.66. The Morgan fingerprint density at radius 2 is 1.95 bits per heavy atom. The standard InChI is InChI=1S/C14H15FN4/c1-9-14(10(2)19(3)18-9)13(8-16)17-12-6-4-11(15)5-7-12/h4-7,13,17H,1-3H3. The summed E-state index contributed by atoms with van der Waals surface area (Å²) in [6.45, 7) is 3.80. The predicted octanol–water partition coefficient (Wildman–Crippen LogP) is 2.85. The molecule has 0 fully saturated rings. The lowest BCUT2D eigenvalue weighted by Crippen LogP contribution is -2.10. The van der Waals surface area contributed by atoms with E-state index in [0.29, 0.717) is 5.69 Å². The molecular formula is C14H15FN4. The van der Waals surface area contributed by atoms with Crippen LogP contribution in [0.5, 0.6) is 0 Å². The van der Waals surface area contributed by atoms with Crippen molar-refractivity contribution in [1.29, 1.82) is 5.26 Å². The van der Waals surface area contributed by atoms with Gasteiger partial charge in [0.1, 0.15) is 11.9 Å². The maximum atomic E-state index is 12.9. The van der Waals surface area contributed by atoms with Gasteiger partial charge in [-0.25, -0.2) is 4.39 Å². The van der Waals surface area contributed by atoms with Gasteiger partial charge >= 0.3 is 0 Å². The Morgan fingerprint density at radius 1 is 1.32 bits per heavy atom. The van der Waals surface area contributed by atoms with Crippen LogP contribution in [0.4, 0.5) is 10.1 Å². The minimum Gasteiger partial charge on any atom is -0.366 e. The number of nitrogens with one attached hydrogen (secondary N) is 1. The van der Waals surface area contributed by atoms with Crippen LogP contribution in [-0.4, -0.2) is 9.78 Å². The fraction of sp³-hybridized carbons (Fsp3) is 0.286. The van der Waals surface area contributed by atoms with Gasteiger partial charge in [0.25, 0.3) is 0 Å². The third kappa shape index (κ3) is 2.58. The van der Waals surface area contributed by atoms with E-state index in [1.165, 1.54) is 12.1 Å². The van der Waals surface area contributed by atoms with Crippen LogP contribution in [-0.2, 0) is 7.05 Å². The highest BCUT2D eigenvalue weighted by Crippen LogP contribution is 2.24. The van der Waals surface area contributed by atoms with Crippen LogP contribution in [0.1, 0.15) is 23.0 Å². The van der Waals surface area contributed by atoms with E-state index < -0.39 is 6.04 Å². The summed E-state index contributed by atoms with van der Waals surface area (Å²) in [6.07, 6.45) is 0. The molecule has 0 saturated carbocycles. The zero-order valence-corrected chi connectivity index (χ0v) is 11.1. The third-order valence-corrected chi connectivity index (χ3v) is 3.14. The van der Waals surface area contributed by atoms with Gasteiger partial charge < -0.3 is 5.32 Å². The van der Waals surface area contributed by atoms with E-state index in [-0.39, 0.29) is 5.82 Å². The summed E-state index contributed by atoms with van der Waals surface area (Å²) in [5.41, 5.74) is 3.34. The number of anilines is 1. The van der Waals surface area contributed by atoms with Crippen LogP contribution >= 0.6 is 0 Å². The van der Waals surface area contributed by atoms with E-state index in [9.17, 15) is 9.65 Å². The van der Waals surface area contributed by atoms with Crippen molar-refractivity contribution in [1.82, 2.24) is 9.78 Å². The lowest BCUT2D eigenvalue weighted by Gasteiger charge is -2.13. The Balaban J connectivity index is 2.31. The van der Waals surface area contributed by atoms with Gasteiger partial charge in [0.15, 0.2) is 0 Å². The number of hydrogen-bond donors (Lipinski definition) is 1. The van der Waals surface area contributed by atoms with Gasteiger partial charge in [-0.3, -0.25) is 4.68 Å². The zero-order chi connectivity index (χ0) is 14.0. The maximum Gasteiger partial charge on any atom is 0.143 e. The van der Waals surface area contributed by atoms with E-state index in [0.717, 1.165) is 17.0 Å².